The summed E-state index contributed by atoms with van der Waals surface area (Å²) in [5, 5.41) is 2.78. The van der Waals surface area contributed by atoms with Crippen LogP contribution in [0.25, 0.3) is 0 Å². The lowest BCUT2D eigenvalue weighted by molar-refractivity contribution is 0.0812. The maximum atomic E-state index is 12.8. The third kappa shape index (κ3) is 3.65. The first-order valence-corrected chi connectivity index (χ1v) is 9.16. The van der Waals surface area contributed by atoms with Crippen LogP contribution < -0.4 is 5.32 Å². The van der Waals surface area contributed by atoms with E-state index in [0.717, 1.165) is 18.5 Å². The van der Waals surface area contributed by atoms with Gasteiger partial charge in [0, 0.05) is 12.6 Å². The van der Waals surface area contributed by atoms with Crippen molar-refractivity contribution in [2.75, 3.05) is 19.8 Å². The Morgan fingerprint density at radius 3 is 2.52 bits per heavy atom. The molecule has 0 bridgehead atoms. The van der Waals surface area contributed by atoms with Crippen molar-refractivity contribution >= 4 is 9.84 Å². The van der Waals surface area contributed by atoms with Gasteiger partial charge in [-0.25, -0.2) is 8.42 Å². The second-order valence-electron chi connectivity index (χ2n) is 5.83. The van der Waals surface area contributed by atoms with Gasteiger partial charge in [0.1, 0.15) is 5.25 Å². The number of ether oxygens (including phenoxy) is 1. The smallest absolute Gasteiger partial charge is 0.185 e. The lowest BCUT2D eigenvalue weighted by atomic mass is 10.0. The van der Waals surface area contributed by atoms with Crippen LogP contribution in [0.5, 0.6) is 0 Å². The highest BCUT2D eigenvalue weighted by atomic mass is 32.2. The standard InChI is InChI=1S/C16H25NO3S/c1-4-17-15-9-10-20-11-16(15)21(18,19)14-7-5-13(6-8-14)12(2)3/h5-8,12,15-17H,4,9-11H2,1-3H3. The molecule has 0 amide bonds. The number of hydrogen-bond acceptors (Lipinski definition) is 4. The van der Waals surface area contributed by atoms with E-state index >= 15 is 0 Å². The summed E-state index contributed by atoms with van der Waals surface area (Å²) in [5.41, 5.74) is 1.15. The third-order valence-electron chi connectivity index (χ3n) is 4.04. The van der Waals surface area contributed by atoms with Crippen LogP contribution in [-0.2, 0) is 14.6 Å². The average Bonchev–Trinajstić information content (AvgIpc) is 2.48. The molecule has 0 saturated carbocycles. The van der Waals surface area contributed by atoms with Crippen LogP contribution >= 0.6 is 0 Å². The van der Waals surface area contributed by atoms with Crippen molar-refractivity contribution in [1.29, 1.82) is 0 Å². The lowest BCUT2D eigenvalue weighted by Gasteiger charge is -2.31. The first kappa shape index (κ1) is 16.5. The van der Waals surface area contributed by atoms with Crippen LogP contribution in [0.1, 0.15) is 38.7 Å². The molecule has 2 unspecified atom stereocenters. The fourth-order valence-electron chi connectivity index (χ4n) is 2.73. The molecule has 0 aliphatic carbocycles. The van der Waals surface area contributed by atoms with Crippen LogP contribution in [0.2, 0.25) is 0 Å². The SMILES string of the molecule is CCNC1CCOCC1S(=O)(=O)c1ccc(C(C)C)cc1. The minimum Gasteiger partial charge on any atom is -0.380 e. The molecule has 118 valence electrons. The van der Waals surface area contributed by atoms with E-state index in [4.69, 9.17) is 4.74 Å². The fourth-order valence-corrected chi connectivity index (χ4v) is 4.54. The molecule has 1 aromatic carbocycles. The van der Waals surface area contributed by atoms with E-state index in [1.807, 2.05) is 19.1 Å². The van der Waals surface area contributed by atoms with Gasteiger partial charge in [0.2, 0.25) is 0 Å². The second-order valence-corrected chi connectivity index (χ2v) is 8.00. The summed E-state index contributed by atoms with van der Waals surface area (Å²) in [7, 11) is -3.36. The van der Waals surface area contributed by atoms with E-state index in [0.29, 0.717) is 17.4 Å². The lowest BCUT2D eigenvalue weighted by Crippen LogP contribution is -2.50. The van der Waals surface area contributed by atoms with E-state index in [9.17, 15) is 8.42 Å². The van der Waals surface area contributed by atoms with Gasteiger partial charge in [0.05, 0.1) is 11.5 Å². The summed E-state index contributed by atoms with van der Waals surface area (Å²) in [6.07, 6.45) is 0.738. The summed E-state index contributed by atoms with van der Waals surface area (Å²) in [6, 6.07) is 7.23. The van der Waals surface area contributed by atoms with E-state index < -0.39 is 15.1 Å². The number of sulfone groups is 1. The van der Waals surface area contributed by atoms with E-state index in [-0.39, 0.29) is 12.6 Å². The molecule has 2 atom stereocenters. The van der Waals surface area contributed by atoms with Crippen molar-refractivity contribution in [2.45, 2.75) is 49.3 Å². The quantitative estimate of drug-likeness (QED) is 0.907. The third-order valence-corrected chi connectivity index (χ3v) is 6.24. The molecule has 21 heavy (non-hydrogen) atoms. The normalized spacial score (nSPS) is 23.4. The maximum absolute atomic E-state index is 12.8. The molecule has 1 aliphatic heterocycles. The highest BCUT2D eigenvalue weighted by molar-refractivity contribution is 7.92. The Bertz CT molecular complexity index is 549. The van der Waals surface area contributed by atoms with Gasteiger partial charge in [-0.15, -0.1) is 0 Å². The monoisotopic (exact) mass is 311 g/mol. The van der Waals surface area contributed by atoms with Crippen LogP contribution in [0, 0.1) is 0 Å². The summed E-state index contributed by atoms with van der Waals surface area (Å²) in [5.74, 6) is 0.397. The second kappa shape index (κ2) is 6.90. The molecule has 1 saturated heterocycles. The molecule has 1 aromatic rings. The Balaban J connectivity index is 2.26. The van der Waals surface area contributed by atoms with Crippen LogP contribution in [0.4, 0.5) is 0 Å². The molecule has 2 rings (SSSR count). The molecule has 1 N–H and O–H groups in total. The first-order valence-electron chi connectivity index (χ1n) is 7.61. The van der Waals surface area contributed by atoms with Crippen molar-refractivity contribution in [1.82, 2.24) is 5.32 Å². The number of benzene rings is 1. The summed E-state index contributed by atoms with van der Waals surface area (Å²) < 4.78 is 31.1. The van der Waals surface area contributed by atoms with Crippen LogP contribution in [0.15, 0.2) is 29.2 Å². The van der Waals surface area contributed by atoms with E-state index in [1.165, 1.54) is 0 Å². The van der Waals surface area contributed by atoms with Gasteiger partial charge in [0.15, 0.2) is 9.84 Å². The molecule has 0 aromatic heterocycles. The summed E-state index contributed by atoms with van der Waals surface area (Å²) in [4.78, 5) is 0.394. The molecule has 0 radical (unpaired) electrons. The summed E-state index contributed by atoms with van der Waals surface area (Å²) >= 11 is 0. The summed E-state index contributed by atoms with van der Waals surface area (Å²) in [6.45, 7) is 7.85. The molecule has 0 spiro atoms. The zero-order chi connectivity index (χ0) is 15.5. The van der Waals surface area contributed by atoms with Crippen molar-refractivity contribution in [2.24, 2.45) is 0 Å². The Hall–Kier alpha value is -0.910. The predicted molar refractivity (Wildman–Crippen MR) is 84.4 cm³/mol. The fraction of sp³-hybridized carbons (Fsp3) is 0.625. The zero-order valence-corrected chi connectivity index (χ0v) is 13.8. The van der Waals surface area contributed by atoms with Crippen molar-refractivity contribution < 1.29 is 13.2 Å². The van der Waals surface area contributed by atoms with Gasteiger partial charge in [-0.1, -0.05) is 32.9 Å². The Morgan fingerprint density at radius 2 is 1.95 bits per heavy atom. The number of hydrogen-bond donors (Lipinski definition) is 1. The largest absolute Gasteiger partial charge is 0.380 e. The van der Waals surface area contributed by atoms with Crippen molar-refractivity contribution in [3.8, 4) is 0 Å². The van der Waals surface area contributed by atoms with Crippen LogP contribution in [-0.4, -0.2) is 39.5 Å². The maximum Gasteiger partial charge on any atom is 0.185 e. The van der Waals surface area contributed by atoms with E-state index in [2.05, 4.69) is 19.2 Å². The van der Waals surface area contributed by atoms with Crippen molar-refractivity contribution in [3.63, 3.8) is 0 Å². The van der Waals surface area contributed by atoms with Crippen LogP contribution in [0.3, 0.4) is 0 Å². The molecular formula is C16H25NO3S. The highest BCUT2D eigenvalue weighted by Crippen LogP contribution is 2.25. The van der Waals surface area contributed by atoms with Gasteiger partial charge in [-0.3, -0.25) is 0 Å². The average molecular weight is 311 g/mol. The molecule has 5 heteroatoms. The van der Waals surface area contributed by atoms with Gasteiger partial charge in [-0.05, 0) is 36.6 Å². The minimum absolute atomic E-state index is 0.0291. The molecule has 4 nitrogen and oxygen atoms in total. The molecular weight excluding hydrogens is 286 g/mol. The first-order chi connectivity index (χ1) is 9.96. The predicted octanol–water partition coefficient (Wildman–Crippen LogP) is 2.35. The number of nitrogens with one attached hydrogen (secondary N) is 1. The van der Waals surface area contributed by atoms with Gasteiger partial charge < -0.3 is 10.1 Å². The molecule has 1 aliphatic rings. The minimum atomic E-state index is -3.36. The Kier molecular flexibility index (Phi) is 5.41. The van der Waals surface area contributed by atoms with Gasteiger partial charge in [0.25, 0.3) is 0 Å². The zero-order valence-electron chi connectivity index (χ0n) is 13.0. The Labute approximate surface area is 127 Å². The van der Waals surface area contributed by atoms with Gasteiger partial charge >= 0.3 is 0 Å². The van der Waals surface area contributed by atoms with Crippen molar-refractivity contribution in [3.05, 3.63) is 29.8 Å². The number of rotatable bonds is 5. The topological polar surface area (TPSA) is 55.4 Å². The molecule has 1 heterocycles. The van der Waals surface area contributed by atoms with Gasteiger partial charge in [-0.2, -0.15) is 0 Å². The van der Waals surface area contributed by atoms with E-state index in [1.54, 1.807) is 12.1 Å². The Morgan fingerprint density at radius 1 is 1.29 bits per heavy atom. The highest BCUT2D eigenvalue weighted by Gasteiger charge is 2.36. The molecule has 1 fully saturated rings.